The summed E-state index contributed by atoms with van der Waals surface area (Å²) in [5.74, 6) is 0.344. The van der Waals surface area contributed by atoms with Crippen LogP contribution in [0.15, 0.2) is 24.3 Å². The number of amides is 1. The normalized spacial score (nSPS) is 10.0. The van der Waals surface area contributed by atoms with E-state index in [1.165, 1.54) is 12.5 Å². The van der Waals surface area contributed by atoms with Gasteiger partial charge in [-0.2, -0.15) is 0 Å². The van der Waals surface area contributed by atoms with E-state index in [0.29, 0.717) is 5.92 Å². The van der Waals surface area contributed by atoms with E-state index in [1.807, 2.05) is 18.2 Å². The van der Waals surface area contributed by atoms with Crippen LogP contribution in [0.3, 0.4) is 0 Å². The second-order valence-corrected chi connectivity index (χ2v) is 3.55. The minimum atomic E-state index is -0.0939. The summed E-state index contributed by atoms with van der Waals surface area (Å²) in [6, 6.07) is 7.93. The standard InChI is InChI=1S/C11H16N2O/c1-8(2)10-6-4-5-7-11(10)13-12-9(3)14/h4-8,13H,1-3H3,(H,12,14). The molecule has 0 unspecified atom stereocenters. The molecule has 1 aromatic carbocycles. The van der Waals surface area contributed by atoms with E-state index in [1.54, 1.807) is 0 Å². The maximum absolute atomic E-state index is 10.7. The third-order valence-corrected chi connectivity index (χ3v) is 1.96. The number of hydrogen-bond donors (Lipinski definition) is 2. The van der Waals surface area contributed by atoms with Gasteiger partial charge in [-0.1, -0.05) is 32.0 Å². The molecule has 14 heavy (non-hydrogen) atoms. The molecule has 1 amide bonds. The summed E-state index contributed by atoms with van der Waals surface area (Å²) in [6.07, 6.45) is 0. The second kappa shape index (κ2) is 4.65. The van der Waals surface area contributed by atoms with Crippen LogP contribution in [0.2, 0.25) is 0 Å². The zero-order chi connectivity index (χ0) is 10.6. The Hall–Kier alpha value is -1.51. The second-order valence-electron chi connectivity index (χ2n) is 3.55. The zero-order valence-electron chi connectivity index (χ0n) is 8.79. The lowest BCUT2D eigenvalue weighted by molar-refractivity contribution is -0.118. The van der Waals surface area contributed by atoms with Crippen LogP contribution in [0.25, 0.3) is 0 Å². The number of rotatable bonds is 3. The molecule has 2 N–H and O–H groups in total. The van der Waals surface area contributed by atoms with E-state index in [-0.39, 0.29) is 5.91 Å². The van der Waals surface area contributed by atoms with Gasteiger partial charge in [0.25, 0.3) is 0 Å². The molecule has 76 valence electrons. The first-order valence-electron chi connectivity index (χ1n) is 4.72. The van der Waals surface area contributed by atoms with Crippen molar-refractivity contribution in [2.75, 3.05) is 5.43 Å². The topological polar surface area (TPSA) is 41.1 Å². The highest BCUT2D eigenvalue weighted by Gasteiger charge is 2.04. The highest BCUT2D eigenvalue weighted by Crippen LogP contribution is 2.22. The molecule has 1 rings (SSSR count). The predicted octanol–water partition coefficient (Wildman–Crippen LogP) is 2.27. The fourth-order valence-corrected chi connectivity index (χ4v) is 1.27. The number of benzene rings is 1. The summed E-state index contributed by atoms with van der Waals surface area (Å²) >= 11 is 0. The molecule has 0 aromatic heterocycles. The number of hydrogen-bond acceptors (Lipinski definition) is 2. The number of carbonyl (C=O) groups excluding carboxylic acids is 1. The number of nitrogens with one attached hydrogen (secondary N) is 2. The van der Waals surface area contributed by atoms with Gasteiger partial charge in [-0.15, -0.1) is 0 Å². The molecular formula is C11H16N2O. The molecule has 3 nitrogen and oxygen atoms in total. The van der Waals surface area contributed by atoms with E-state index in [2.05, 4.69) is 30.8 Å². The molecule has 0 aliphatic carbocycles. The molecule has 0 heterocycles. The highest BCUT2D eigenvalue weighted by molar-refractivity contribution is 5.74. The fourth-order valence-electron chi connectivity index (χ4n) is 1.27. The van der Waals surface area contributed by atoms with Crippen LogP contribution in [0.5, 0.6) is 0 Å². The number of para-hydroxylation sites is 1. The molecule has 0 aliphatic heterocycles. The van der Waals surface area contributed by atoms with Crippen molar-refractivity contribution in [1.29, 1.82) is 0 Å². The maximum Gasteiger partial charge on any atom is 0.235 e. The molecule has 0 fully saturated rings. The molecular weight excluding hydrogens is 176 g/mol. The molecule has 0 spiro atoms. The summed E-state index contributed by atoms with van der Waals surface area (Å²) in [5.41, 5.74) is 7.61. The van der Waals surface area contributed by atoms with Crippen molar-refractivity contribution >= 4 is 11.6 Å². The number of carbonyl (C=O) groups is 1. The van der Waals surface area contributed by atoms with Crippen LogP contribution >= 0.6 is 0 Å². The van der Waals surface area contributed by atoms with Gasteiger partial charge in [0.05, 0.1) is 5.69 Å². The first kappa shape index (κ1) is 10.6. The van der Waals surface area contributed by atoms with Gasteiger partial charge < -0.3 is 0 Å². The Morgan fingerprint density at radius 2 is 1.93 bits per heavy atom. The lowest BCUT2D eigenvalue weighted by Crippen LogP contribution is -2.27. The minimum absolute atomic E-state index is 0.0939. The van der Waals surface area contributed by atoms with Crippen molar-refractivity contribution in [3.8, 4) is 0 Å². The Morgan fingerprint density at radius 3 is 2.50 bits per heavy atom. The van der Waals surface area contributed by atoms with Gasteiger partial charge in [0.1, 0.15) is 0 Å². The molecule has 0 saturated carbocycles. The largest absolute Gasteiger partial charge is 0.298 e. The van der Waals surface area contributed by atoms with E-state index in [0.717, 1.165) is 5.69 Å². The van der Waals surface area contributed by atoms with E-state index in [4.69, 9.17) is 0 Å². The quantitative estimate of drug-likeness (QED) is 0.721. The van der Waals surface area contributed by atoms with Crippen molar-refractivity contribution < 1.29 is 4.79 Å². The lowest BCUT2D eigenvalue weighted by Gasteiger charge is -2.14. The van der Waals surface area contributed by atoms with Gasteiger partial charge in [0, 0.05) is 6.92 Å². The Labute approximate surface area is 84.5 Å². The summed E-state index contributed by atoms with van der Waals surface area (Å²) in [7, 11) is 0. The van der Waals surface area contributed by atoms with Gasteiger partial charge in [0.15, 0.2) is 0 Å². The summed E-state index contributed by atoms with van der Waals surface area (Å²) in [5, 5.41) is 0. The smallest absolute Gasteiger partial charge is 0.235 e. The number of hydrazine groups is 1. The van der Waals surface area contributed by atoms with Crippen molar-refractivity contribution in [2.45, 2.75) is 26.7 Å². The highest BCUT2D eigenvalue weighted by atomic mass is 16.2. The Kier molecular flexibility index (Phi) is 3.51. The third kappa shape index (κ3) is 2.76. The van der Waals surface area contributed by atoms with Gasteiger partial charge in [0.2, 0.25) is 5.91 Å². The third-order valence-electron chi connectivity index (χ3n) is 1.96. The van der Waals surface area contributed by atoms with E-state index >= 15 is 0 Å². The Balaban J connectivity index is 2.79. The van der Waals surface area contributed by atoms with Crippen LogP contribution in [0, 0.1) is 0 Å². The zero-order valence-corrected chi connectivity index (χ0v) is 8.79. The molecule has 3 heteroatoms. The Morgan fingerprint density at radius 1 is 1.29 bits per heavy atom. The van der Waals surface area contributed by atoms with Crippen LogP contribution in [-0.4, -0.2) is 5.91 Å². The first-order valence-corrected chi connectivity index (χ1v) is 4.72. The van der Waals surface area contributed by atoms with Gasteiger partial charge in [-0.05, 0) is 17.5 Å². The summed E-state index contributed by atoms with van der Waals surface area (Å²) in [4.78, 5) is 10.7. The van der Waals surface area contributed by atoms with Crippen LogP contribution in [-0.2, 0) is 4.79 Å². The van der Waals surface area contributed by atoms with Crippen molar-refractivity contribution in [2.24, 2.45) is 0 Å². The van der Waals surface area contributed by atoms with E-state index in [9.17, 15) is 4.79 Å². The van der Waals surface area contributed by atoms with Crippen molar-refractivity contribution in [3.63, 3.8) is 0 Å². The number of anilines is 1. The average molecular weight is 192 g/mol. The first-order chi connectivity index (χ1) is 6.61. The van der Waals surface area contributed by atoms with Crippen LogP contribution in [0.4, 0.5) is 5.69 Å². The SMILES string of the molecule is CC(=O)NNc1ccccc1C(C)C. The summed E-state index contributed by atoms with van der Waals surface area (Å²) in [6.45, 7) is 5.72. The predicted molar refractivity (Wildman–Crippen MR) is 58.0 cm³/mol. The molecule has 0 saturated heterocycles. The molecule has 0 aliphatic rings. The van der Waals surface area contributed by atoms with E-state index < -0.39 is 0 Å². The Bertz CT molecular complexity index is 321. The summed E-state index contributed by atoms with van der Waals surface area (Å²) < 4.78 is 0. The van der Waals surface area contributed by atoms with Crippen molar-refractivity contribution in [1.82, 2.24) is 5.43 Å². The van der Waals surface area contributed by atoms with Crippen LogP contribution in [0.1, 0.15) is 32.3 Å². The monoisotopic (exact) mass is 192 g/mol. The molecule has 0 bridgehead atoms. The van der Waals surface area contributed by atoms with Gasteiger partial charge in [-0.3, -0.25) is 15.6 Å². The van der Waals surface area contributed by atoms with Gasteiger partial charge in [-0.25, -0.2) is 0 Å². The minimum Gasteiger partial charge on any atom is -0.298 e. The fraction of sp³-hybridized carbons (Fsp3) is 0.364. The molecule has 0 atom stereocenters. The maximum atomic E-state index is 10.7. The van der Waals surface area contributed by atoms with Crippen molar-refractivity contribution in [3.05, 3.63) is 29.8 Å². The molecule has 0 radical (unpaired) electrons. The average Bonchev–Trinajstić information content (AvgIpc) is 2.15. The van der Waals surface area contributed by atoms with Crippen LogP contribution < -0.4 is 10.9 Å². The molecule has 1 aromatic rings. The van der Waals surface area contributed by atoms with Gasteiger partial charge >= 0.3 is 0 Å². The lowest BCUT2D eigenvalue weighted by atomic mass is 10.0.